The first-order chi connectivity index (χ1) is 14.9. The molecule has 0 fully saturated rings. The van der Waals surface area contributed by atoms with E-state index >= 15 is 0 Å². The van der Waals surface area contributed by atoms with Crippen molar-refractivity contribution >= 4 is 49.5 Å². The van der Waals surface area contributed by atoms with Gasteiger partial charge in [-0.2, -0.15) is 4.52 Å². The first-order valence-electron chi connectivity index (χ1n) is 9.42. The van der Waals surface area contributed by atoms with Gasteiger partial charge >= 0.3 is 0 Å². The number of rotatable bonds is 4. The Kier molecular flexibility index (Phi) is 4.60. The molecule has 1 N–H and O–H groups in total. The molecular weight excluding hydrogens is 434 g/mol. The predicted octanol–water partition coefficient (Wildman–Crippen LogP) is 4.82. The van der Waals surface area contributed by atoms with Gasteiger partial charge in [0, 0.05) is 16.1 Å². The fourth-order valence-corrected chi connectivity index (χ4v) is 4.77. The van der Waals surface area contributed by atoms with Crippen molar-refractivity contribution in [2.45, 2.75) is 16.8 Å². The number of nitrogens with one attached hydrogen (secondary N) is 1. The van der Waals surface area contributed by atoms with Gasteiger partial charge in [0.25, 0.3) is 0 Å². The normalized spacial score (nSPS) is 11.8. The third-order valence-electron chi connectivity index (χ3n) is 4.96. The van der Waals surface area contributed by atoms with Gasteiger partial charge in [0.2, 0.25) is 14.9 Å². The minimum atomic E-state index is -3.90. The van der Waals surface area contributed by atoms with Crippen LogP contribution in [-0.2, 0) is 9.84 Å². The quantitative estimate of drug-likeness (QED) is 0.423. The molecule has 0 saturated carbocycles. The van der Waals surface area contributed by atoms with Crippen molar-refractivity contribution in [2.24, 2.45) is 0 Å². The molecule has 0 bridgehead atoms. The highest BCUT2D eigenvalue weighted by molar-refractivity contribution is 7.91. The van der Waals surface area contributed by atoms with Gasteiger partial charge in [0.15, 0.2) is 5.65 Å². The molecule has 2 aromatic heterocycles. The van der Waals surface area contributed by atoms with E-state index in [2.05, 4.69) is 20.6 Å². The third kappa shape index (κ3) is 3.30. The van der Waals surface area contributed by atoms with E-state index in [0.29, 0.717) is 16.4 Å². The van der Waals surface area contributed by atoms with Crippen LogP contribution < -0.4 is 5.32 Å². The smallest absolute Gasteiger partial charge is 0.229 e. The van der Waals surface area contributed by atoms with E-state index in [1.165, 1.54) is 16.6 Å². The molecule has 0 aliphatic rings. The molecule has 31 heavy (non-hydrogen) atoms. The lowest BCUT2D eigenvalue weighted by Crippen LogP contribution is -2.05. The van der Waals surface area contributed by atoms with Crippen molar-refractivity contribution in [1.82, 2.24) is 19.8 Å². The molecule has 0 saturated heterocycles. The third-order valence-corrected chi connectivity index (χ3v) is 7.04. The summed E-state index contributed by atoms with van der Waals surface area (Å²) in [7, 11) is -3.90. The van der Waals surface area contributed by atoms with Crippen LogP contribution in [0.2, 0.25) is 5.02 Å². The summed E-state index contributed by atoms with van der Waals surface area (Å²) in [5.74, 6) is 0.481. The minimum absolute atomic E-state index is 0.132. The number of halogens is 1. The van der Waals surface area contributed by atoms with Crippen molar-refractivity contribution in [2.75, 3.05) is 5.32 Å². The van der Waals surface area contributed by atoms with E-state index in [4.69, 9.17) is 11.6 Å². The number of hydrogen-bond acceptors (Lipinski definition) is 6. The molecule has 0 unspecified atom stereocenters. The lowest BCUT2D eigenvalue weighted by Gasteiger charge is -2.11. The number of anilines is 2. The largest absolute Gasteiger partial charge is 0.340 e. The van der Waals surface area contributed by atoms with Gasteiger partial charge < -0.3 is 5.32 Å². The highest BCUT2D eigenvalue weighted by atomic mass is 35.5. The molecule has 7 nitrogen and oxygen atoms in total. The number of aryl methyl sites for hydroxylation is 1. The van der Waals surface area contributed by atoms with Crippen LogP contribution in [0.4, 0.5) is 11.5 Å². The summed E-state index contributed by atoms with van der Waals surface area (Å²) < 4.78 is 27.8. The van der Waals surface area contributed by atoms with Crippen LogP contribution in [0.1, 0.15) is 5.56 Å². The van der Waals surface area contributed by atoms with Gasteiger partial charge in [-0.15, -0.1) is 5.10 Å². The summed E-state index contributed by atoms with van der Waals surface area (Å²) in [6.45, 7) is 1.92. The second-order valence-corrected chi connectivity index (χ2v) is 9.29. The molecular formula is C22H16ClN5O2S. The number of aromatic nitrogens is 4. The molecule has 5 aromatic rings. The standard InChI is InChI=1S/C22H16ClN5O2S/c1-14-11-12-15(13-18(14)23)24-20-17-9-5-6-10-19(17)28-21(25-20)22(26-27-28)31(29,30)16-7-3-2-4-8-16/h2-13H,1H3,(H,24,25). The molecule has 9 heteroatoms. The first kappa shape index (κ1) is 19.5. The zero-order valence-corrected chi connectivity index (χ0v) is 17.9. The first-order valence-corrected chi connectivity index (χ1v) is 11.3. The lowest BCUT2D eigenvalue weighted by molar-refractivity contribution is 0.592. The molecule has 0 atom stereocenters. The summed E-state index contributed by atoms with van der Waals surface area (Å²) in [6, 6.07) is 21.2. The Balaban J connectivity index is 1.74. The topological polar surface area (TPSA) is 89.2 Å². The number of hydrogen-bond donors (Lipinski definition) is 1. The number of para-hydroxylation sites is 1. The van der Waals surface area contributed by atoms with Gasteiger partial charge in [-0.1, -0.05) is 53.2 Å². The van der Waals surface area contributed by atoms with Gasteiger partial charge in [-0.3, -0.25) is 0 Å². The Labute approximate surface area is 183 Å². The van der Waals surface area contributed by atoms with E-state index < -0.39 is 9.84 Å². The number of benzene rings is 3. The maximum Gasteiger partial charge on any atom is 0.229 e. The highest BCUT2D eigenvalue weighted by Crippen LogP contribution is 2.30. The molecule has 0 aliphatic carbocycles. The Morgan fingerprint density at radius 1 is 0.968 bits per heavy atom. The average Bonchev–Trinajstić information content (AvgIpc) is 3.22. The molecule has 0 radical (unpaired) electrons. The average molecular weight is 450 g/mol. The van der Waals surface area contributed by atoms with E-state index in [-0.39, 0.29) is 15.6 Å². The van der Waals surface area contributed by atoms with Gasteiger partial charge in [0.1, 0.15) is 5.82 Å². The van der Waals surface area contributed by atoms with Crippen molar-refractivity contribution in [3.05, 3.63) is 83.4 Å². The fraction of sp³-hybridized carbons (Fsp3) is 0.0455. The van der Waals surface area contributed by atoms with Crippen LogP contribution in [0.15, 0.2) is 82.7 Å². The minimum Gasteiger partial charge on any atom is -0.340 e. The number of fused-ring (bicyclic) bond motifs is 3. The van der Waals surface area contributed by atoms with Crippen LogP contribution >= 0.6 is 11.6 Å². The van der Waals surface area contributed by atoms with Crippen LogP contribution in [0.25, 0.3) is 16.6 Å². The monoisotopic (exact) mass is 449 g/mol. The van der Waals surface area contributed by atoms with Gasteiger partial charge in [-0.05, 0) is 48.9 Å². The van der Waals surface area contributed by atoms with E-state index in [1.807, 2.05) is 43.3 Å². The van der Waals surface area contributed by atoms with E-state index in [0.717, 1.165) is 16.6 Å². The molecule has 0 aliphatic heterocycles. The maximum absolute atomic E-state index is 13.2. The number of nitrogens with zero attached hydrogens (tertiary/aromatic N) is 4. The van der Waals surface area contributed by atoms with Crippen molar-refractivity contribution in [3.8, 4) is 0 Å². The maximum atomic E-state index is 13.2. The Hall–Kier alpha value is -3.49. The number of sulfone groups is 1. The Morgan fingerprint density at radius 3 is 2.48 bits per heavy atom. The Bertz CT molecular complexity index is 1550. The Morgan fingerprint density at radius 2 is 1.71 bits per heavy atom. The van der Waals surface area contributed by atoms with Gasteiger partial charge in [0.05, 0.1) is 10.4 Å². The lowest BCUT2D eigenvalue weighted by atomic mass is 10.2. The molecule has 0 spiro atoms. The van der Waals surface area contributed by atoms with E-state index in [9.17, 15) is 8.42 Å². The van der Waals surface area contributed by atoms with Crippen LogP contribution in [0.5, 0.6) is 0 Å². The molecule has 154 valence electrons. The molecule has 0 amide bonds. The summed E-state index contributed by atoms with van der Waals surface area (Å²) in [5, 5.41) is 12.5. The zero-order chi connectivity index (χ0) is 21.6. The van der Waals surface area contributed by atoms with Crippen molar-refractivity contribution in [1.29, 1.82) is 0 Å². The highest BCUT2D eigenvalue weighted by Gasteiger charge is 2.27. The van der Waals surface area contributed by atoms with Crippen molar-refractivity contribution < 1.29 is 8.42 Å². The van der Waals surface area contributed by atoms with Crippen molar-refractivity contribution in [3.63, 3.8) is 0 Å². The zero-order valence-electron chi connectivity index (χ0n) is 16.3. The van der Waals surface area contributed by atoms with Crippen LogP contribution in [-0.4, -0.2) is 28.2 Å². The van der Waals surface area contributed by atoms with Gasteiger partial charge in [-0.25, -0.2) is 13.4 Å². The summed E-state index contributed by atoms with van der Waals surface area (Å²) in [4.78, 5) is 4.74. The second kappa shape index (κ2) is 7.33. The second-order valence-electron chi connectivity index (χ2n) is 7.01. The molecule has 5 rings (SSSR count). The predicted molar refractivity (Wildman–Crippen MR) is 120 cm³/mol. The van der Waals surface area contributed by atoms with E-state index in [1.54, 1.807) is 24.3 Å². The summed E-state index contributed by atoms with van der Waals surface area (Å²) in [6.07, 6.45) is 0. The molecule has 3 aromatic carbocycles. The van der Waals surface area contributed by atoms with Crippen LogP contribution in [0, 0.1) is 6.92 Å². The summed E-state index contributed by atoms with van der Waals surface area (Å²) in [5.41, 5.74) is 2.51. The molecule has 2 heterocycles. The summed E-state index contributed by atoms with van der Waals surface area (Å²) >= 11 is 6.26. The fourth-order valence-electron chi connectivity index (χ4n) is 3.33. The van der Waals surface area contributed by atoms with Crippen LogP contribution in [0.3, 0.4) is 0 Å². The SMILES string of the molecule is Cc1ccc(Nc2nc3c(S(=O)(=O)c4ccccc4)nnn3c3ccccc23)cc1Cl.